The van der Waals surface area contributed by atoms with Gasteiger partial charge in [-0.2, -0.15) is 0 Å². The van der Waals surface area contributed by atoms with Crippen molar-refractivity contribution in [3.05, 3.63) is 0 Å². The highest BCUT2D eigenvalue weighted by Crippen LogP contribution is 2.29. The van der Waals surface area contributed by atoms with Gasteiger partial charge in [0.2, 0.25) is 0 Å². The fraction of sp³-hybridized carbons (Fsp3) is 0.944. The van der Waals surface area contributed by atoms with Gasteiger partial charge in [0.1, 0.15) is 0 Å². The second kappa shape index (κ2) is 8.19. The van der Waals surface area contributed by atoms with Crippen molar-refractivity contribution >= 4 is 6.03 Å². The minimum absolute atomic E-state index is 0.0769. The van der Waals surface area contributed by atoms with Crippen molar-refractivity contribution < 1.29 is 9.53 Å². The summed E-state index contributed by atoms with van der Waals surface area (Å²) in [7, 11) is 1.93. The molecule has 1 aliphatic carbocycles. The summed E-state index contributed by atoms with van der Waals surface area (Å²) in [5.41, 5.74) is 0. The Balaban J connectivity index is 1.70. The zero-order valence-corrected chi connectivity index (χ0v) is 14.8. The molecule has 0 spiro atoms. The largest absolute Gasteiger partial charge is 0.378 e. The third-order valence-electron chi connectivity index (χ3n) is 5.45. The number of carbonyl (C=O) groups excluding carboxylic acids is 1. The van der Waals surface area contributed by atoms with Crippen LogP contribution in [0.5, 0.6) is 0 Å². The van der Waals surface area contributed by atoms with E-state index in [1.165, 1.54) is 25.7 Å². The molecule has 1 aliphatic heterocycles. The van der Waals surface area contributed by atoms with Gasteiger partial charge in [-0.05, 0) is 37.0 Å². The molecule has 2 aliphatic rings. The number of nitrogens with one attached hydrogen (secondary N) is 1. The maximum Gasteiger partial charge on any atom is 0.317 e. The molecular formula is C18H34N2O2. The van der Waals surface area contributed by atoms with Crippen LogP contribution < -0.4 is 5.32 Å². The Morgan fingerprint density at radius 1 is 1.23 bits per heavy atom. The molecule has 22 heavy (non-hydrogen) atoms. The summed E-state index contributed by atoms with van der Waals surface area (Å²) in [6, 6.07) is 0.0769. The maximum absolute atomic E-state index is 12.3. The second-order valence-corrected chi connectivity index (χ2v) is 7.82. The van der Waals surface area contributed by atoms with E-state index in [1.54, 1.807) is 0 Å². The van der Waals surface area contributed by atoms with Crippen molar-refractivity contribution in [2.45, 2.75) is 59.0 Å². The third kappa shape index (κ3) is 4.87. The summed E-state index contributed by atoms with van der Waals surface area (Å²) in [6.07, 6.45) is 6.53. The van der Waals surface area contributed by atoms with Crippen LogP contribution in [0.3, 0.4) is 0 Å². The van der Waals surface area contributed by atoms with Crippen molar-refractivity contribution in [1.82, 2.24) is 10.2 Å². The van der Waals surface area contributed by atoms with E-state index in [9.17, 15) is 4.79 Å². The number of amides is 2. The zero-order valence-electron chi connectivity index (χ0n) is 14.8. The lowest BCUT2D eigenvalue weighted by molar-refractivity contribution is 0.0542. The van der Waals surface area contributed by atoms with Crippen molar-refractivity contribution in [1.29, 1.82) is 0 Å². The summed E-state index contributed by atoms with van der Waals surface area (Å²) in [6.45, 7) is 9.20. The molecule has 1 saturated carbocycles. The van der Waals surface area contributed by atoms with E-state index in [1.807, 2.05) is 11.9 Å². The van der Waals surface area contributed by atoms with Gasteiger partial charge in [-0.3, -0.25) is 0 Å². The van der Waals surface area contributed by atoms with E-state index in [0.29, 0.717) is 23.9 Å². The number of carbonyl (C=O) groups is 1. The van der Waals surface area contributed by atoms with Crippen LogP contribution in [0.4, 0.5) is 4.79 Å². The number of ether oxygens (including phenoxy) is 1. The van der Waals surface area contributed by atoms with Crippen LogP contribution in [0.2, 0.25) is 0 Å². The number of hydrogen-bond donors (Lipinski definition) is 1. The van der Waals surface area contributed by atoms with Crippen LogP contribution in [0.15, 0.2) is 0 Å². The van der Waals surface area contributed by atoms with Crippen molar-refractivity contribution in [2.75, 3.05) is 26.7 Å². The Bertz CT molecular complexity index is 351. The molecule has 2 atom stereocenters. The first-order chi connectivity index (χ1) is 10.5. The van der Waals surface area contributed by atoms with Gasteiger partial charge in [0.15, 0.2) is 0 Å². The van der Waals surface area contributed by atoms with E-state index < -0.39 is 0 Å². The number of rotatable bonds is 5. The lowest BCUT2D eigenvalue weighted by atomic mass is 9.83. The van der Waals surface area contributed by atoms with E-state index >= 15 is 0 Å². The molecule has 2 amide bonds. The first-order valence-corrected chi connectivity index (χ1v) is 9.08. The van der Waals surface area contributed by atoms with Gasteiger partial charge in [-0.1, -0.05) is 33.6 Å². The van der Waals surface area contributed by atoms with Gasteiger partial charge in [0.25, 0.3) is 0 Å². The predicted molar refractivity (Wildman–Crippen MR) is 89.8 cm³/mol. The molecule has 0 aromatic carbocycles. The summed E-state index contributed by atoms with van der Waals surface area (Å²) in [4.78, 5) is 14.2. The highest BCUT2D eigenvalue weighted by Gasteiger charge is 2.31. The molecule has 0 radical (unpaired) electrons. The molecular weight excluding hydrogens is 276 g/mol. The Morgan fingerprint density at radius 2 is 1.91 bits per heavy atom. The summed E-state index contributed by atoms with van der Waals surface area (Å²) in [5.74, 6) is 2.54. The number of nitrogens with zero attached hydrogens (tertiary/aromatic N) is 1. The Morgan fingerprint density at radius 3 is 2.55 bits per heavy atom. The molecule has 0 aromatic heterocycles. The average molecular weight is 310 g/mol. The minimum atomic E-state index is 0.0769. The normalized spacial score (nSPS) is 32.2. The van der Waals surface area contributed by atoms with E-state index in [-0.39, 0.29) is 6.03 Å². The monoisotopic (exact) mass is 310 g/mol. The van der Waals surface area contributed by atoms with Crippen LogP contribution >= 0.6 is 0 Å². The molecule has 0 aromatic rings. The fourth-order valence-electron chi connectivity index (χ4n) is 3.95. The van der Waals surface area contributed by atoms with Crippen molar-refractivity contribution in [3.63, 3.8) is 0 Å². The first-order valence-electron chi connectivity index (χ1n) is 9.08. The zero-order chi connectivity index (χ0) is 16.1. The van der Waals surface area contributed by atoms with Gasteiger partial charge in [0, 0.05) is 32.7 Å². The Labute approximate surface area is 136 Å². The van der Waals surface area contributed by atoms with Crippen LogP contribution in [-0.4, -0.2) is 43.8 Å². The molecule has 128 valence electrons. The topological polar surface area (TPSA) is 41.6 Å². The quantitative estimate of drug-likeness (QED) is 0.844. The molecule has 4 nitrogen and oxygen atoms in total. The van der Waals surface area contributed by atoms with Crippen LogP contribution in [0.25, 0.3) is 0 Å². The SMILES string of the molecule is CC1CCC(CN(C)C(=O)NCC2CCOC2C(C)C)CC1. The van der Waals surface area contributed by atoms with E-state index in [4.69, 9.17) is 4.74 Å². The lowest BCUT2D eigenvalue weighted by Gasteiger charge is -2.30. The van der Waals surface area contributed by atoms with Gasteiger partial charge < -0.3 is 15.0 Å². The molecule has 4 heteroatoms. The van der Waals surface area contributed by atoms with Gasteiger partial charge in [-0.15, -0.1) is 0 Å². The van der Waals surface area contributed by atoms with E-state index in [0.717, 1.165) is 32.0 Å². The number of urea groups is 1. The fourth-order valence-corrected chi connectivity index (χ4v) is 3.95. The van der Waals surface area contributed by atoms with E-state index in [2.05, 4.69) is 26.1 Å². The molecule has 2 fully saturated rings. The average Bonchev–Trinajstić information content (AvgIpc) is 2.95. The third-order valence-corrected chi connectivity index (χ3v) is 5.45. The smallest absolute Gasteiger partial charge is 0.317 e. The maximum atomic E-state index is 12.3. The molecule has 1 heterocycles. The van der Waals surface area contributed by atoms with Crippen LogP contribution in [0, 0.1) is 23.7 Å². The highest BCUT2D eigenvalue weighted by atomic mass is 16.5. The molecule has 2 rings (SSSR count). The predicted octanol–water partition coefficient (Wildman–Crippen LogP) is 3.52. The molecule has 1 saturated heterocycles. The van der Waals surface area contributed by atoms with Crippen molar-refractivity contribution in [3.8, 4) is 0 Å². The molecule has 0 bridgehead atoms. The summed E-state index contributed by atoms with van der Waals surface area (Å²) in [5, 5.41) is 3.11. The first kappa shape index (κ1) is 17.6. The summed E-state index contributed by atoms with van der Waals surface area (Å²) < 4.78 is 5.79. The Kier molecular flexibility index (Phi) is 6.54. The van der Waals surface area contributed by atoms with Crippen LogP contribution in [-0.2, 0) is 4.74 Å². The Hall–Kier alpha value is -0.770. The van der Waals surface area contributed by atoms with Crippen LogP contribution in [0.1, 0.15) is 52.9 Å². The van der Waals surface area contributed by atoms with Gasteiger partial charge in [0.05, 0.1) is 6.10 Å². The minimum Gasteiger partial charge on any atom is -0.378 e. The van der Waals surface area contributed by atoms with Gasteiger partial charge in [-0.25, -0.2) is 4.79 Å². The van der Waals surface area contributed by atoms with Gasteiger partial charge >= 0.3 is 6.03 Å². The number of hydrogen-bond acceptors (Lipinski definition) is 2. The van der Waals surface area contributed by atoms with Crippen molar-refractivity contribution in [2.24, 2.45) is 23.7 Å². The highest BCUT2D eigenvalue weighted by molar-refractivity contribution is 5.73. The lowest BCUT2D eigenvalue weighted by Crippen LogP contribution is -2.43. The summed E-state index contributed by atoms with van der Waals surface area (Å²) >= 11 is 0. The standard InChI is InChI=1S/C18H34N2O2/c1-13(2)17-16(9-10-22-17)11-19-18(21)20(4)12-15-7-5-14(3)6-8-15/h13-17H,5-12H2,1-4H3,(H,19,21). The molecule has 2 unspecified atom stereocenters. The second-order valence-electron chi connectivity index (χ2n) is 7.82. The molecule has 1 N–H and O–H groups in total.